The van der Waals surface area contributed by atoms with Gasteiger partial charge in [-0.05, 0) is 44.5 Å². The van der Waals surface area contributed by atoms with Crippen LogP contribution < -0.4 is 4.74 Å². The van der Waals surface area contributed by atoms with E-state index in [9.17, 15) is 14.4 Å². The van der Waals surface area contributed by atoms with Gasteiger partial charge in [0.1, 0.15) is 5.75 Å². The number of hydroxylamine groups is 2. The van der Waals surface area contributed by atoms with Gasteiger partial charge < -0.3 is 9.57 Å². The van der Waals surface area contributed by atoms with Gasteiger partial charge in [-0.3, -0.25) is 9.59 Å². The van der Waals surface area contributed by atoms with Crippen molar-refractivity contribution in [2.75, 3.05) is 0 Å². The Morgan fingerprint density at radius 2 is 1.60 bits per heavy atom. The molecule has 0 fully saturated rings. The average molecular weight is 339 g/mol. The number of hydrogen-bond acceptors (Lipinski definition) is 5. The predicted octanol–water partition coefficient (Wildman–Crippen LogP) is 2.83. The molecule has 1 atom stereocenters. The van der Waals surface area contributed by atoms with Crippen molar-refractivity contribution >= 4 is 17.8 Å². The number of fused-ring (bicyclic) bond motifs is 1. The number of benzene rings is 2. The largest absolute Gasteiger partial charge is 0.479 e. The van der Waals surface area contributed by atoms with Gasteiger partial charge in [0.15, 0.2) is 6.10 Å². The molecule has 6 nitrogen and oxygen atoms in total. The minimum atomic E-state index is -0.981. The van der Waals surface area contributed by atoms with Gasteiger partial charge in [0.2, 0.25) is 0 Å². The third kappa shape index (κ3) is 3.10. The normalized spacial score (nSPS) is 14.3. The number of carbonyl (C=O) groups is 3. The average Bonchev–Trinajstić information content (AvgIpc) is 2.82. The van der Waals surface area contributed by atoms with Crippen LogP contribution in [0.1, 0.15) is 38.8 Å². The van der Waals surface area contributed by atoms with Gasteiger partial charge >= 0.3 is 5.97 Å². The lowest BCUT2D eigenvalue weighted by Gasteiger charge is -2.18. The molecule has 128 valence electrons. The maximum atomic E-state index is 12.2. The van der Waals surface area contributed by atoms with Gasteiger partial charge in [-0.15, -0.1) is 0 Å². The van der Waals surface area contributed by atoms with Gasteiger partial charge in [-0.1, -0.05) is 34.9 Å². The topological polar surface area (TPSA) is 72.9 Å². The number of carbonyl (C=O) groups excluding carboxylic acids is 3. The van der Waals surface area contributed by atoms with Crippen molar-refractivity contribution in [3.63, 3.8) is 0 Å². The van der Waals surface area contributed by atoms with Crippen LogP contribution in [0, 0.1) is 13.8 Å². The molecule has 0 radical (unpaired) electrons. The summed E-state index contributed by atoms with van der Waals surface area (Å²) in [6.45, 7) is 5.32. The molecule has 0 aromatic heterocycles. The predicted molar refractivity (Wildman–Crippen MR) is 89.0 cm³/mol. The molecule has 0 bridgehead atoms. The Balaban J connectivity index is 1.70. The second-order valence-corrected chi connectivity index (χ2v) is 5.89. The molecule has 0 saturated carbocycles. The molecule has 3 rings (SSSR count). The summed E-state index contributed by atoms with van der Waals surface area (Å²) in [5, 5.41) is 0.481. The maximum Gasteiger partial charge on any atom is 0.373 e. The highest BCUT2D eigenvalue weighted by atomic mass is 16.7. The summed E-state index contributed by atoms with van der Waals surface area (Å²) in [6.07, 6.45) is -0.981. The second-order valence-electron chi connectivity index (χ2n) is 5.89. The fourth-order valence-electron chi connectivity index (χ4n) is 2.58. The van der Waals surface area contributed by atoms with Crippen molar-refractivity contribution in [1.82, 2.24) is 5.06 Å². The van der Waals surface area contributed by atoms with E-state index in [2.05, 4.69) is 0 Å². The van der Waals surface area contributed by atoms with E-state index >= 15 is 0 Å². The van der Waals surface area contributed by atoms with E-state index in [0.29, 0.717) is 10.8 Å². The molecular weight excluding hydrogens is 322 g/mol. The highest BCUT2D eigenvalue weighted by Gasteiger charge is 2.39. The molecular formula is C19H17NO5. The van der Waals surface area contributed by atoms with Crippen LogP contribution in [0.25, 0.3) is 0 Å². The summed E-state index contributed by atoms with van der Waals surface area (Å²) in [5.74, 6) is -1.60. The molecule has 2 amide bonds. The molecule has 0 N–H and O–H groups in total. The lowest BCUT2D eigenvalue weighted by Crippen LogP contribution is -2.37. The third-order valence-electron chi connectivity index (χ3n) is 3.90. The minimum Gasteiger partial charge on any atom is -0.479 e. The van der Waals surface area contributed by atoms with Crippen LogP contribution in [-0.4, -0.2) is 29.0 Å². The van der Waals surface area contributed by atoms with Crippen molar-refractivity contribution < 1.29 is 24.0 Å². The Bertz CT molecular complexity index is 839. The van der Waals surface area contributed by atoms with E-state index in [1.807, 2.05) is 26.0 Å². The lowest BCUT2D eigenvalue weighted by molar-refractivity contribution is -0.176. The molecule has 2 aromatic carbocycles. The Hall–Kier alpha value is -3.15. The van der Waals surface area contributed by atoms with Crippen molar-refractivity contribution in [3.8, 4) is 5.75 Å². The quantitative estimate of drug-likeness (QED) is 0.801. The monoisotopic (exact) mass is 339 g/mol. The number of rotatable bonds is 4. The minimum absolute atomic E-state index is 0.211. The number of ether oxygens (including phenoxy) is 1. The summed E-state index contributed by atoms with van der Waals surface area (Å²) in [6, 6.07) is 11.9. The highest BCUT2D eigenvalue weighted by molar-refractivity contribution is 6.20. The van der Waals surface area contributed by atoms with Gasteiger partial charge in [-0.25, -0.2) is 4.79 Å². The fraction of sp³-hybridized carbons (Fsp3) is 0.211. The number of amides is 2. The van der Waals surface area contributed by atoms with E-state index in [1.165, 1.54) is 19.1 Å². The second kappa shape index (κ2) is 6.39. The zero-order chi connectivity index (χ0) is 18.1. The van der Waals surface area contributed by atoms with Crippen LogP contribution in [-0.2, 0) is 9.63 Å². The summed E-state index contributed by atoms with van der Waals surface area (Å²) in [4.78, 5) is 41.6. The van der Waals surface area contributed by atoms with E-state index in [-0.39, 0.29) is 11.1 Å². The SMILES string of the molecule is Cc1ccc(OC(C)C(=O)ON2C(=O)c3ccccc3C2=O)c(C)c1. The van der Waals surface area contributed by atoms with E-state index in [1.54, 1.807) is 18.2 Å². The fourth-order valence-corrected chi connectivity index (χ4v) is 2.58. The highest BCUT2D eigenvalue weighted by Crippen LogP contribution is 2.24. The van der Waals surface area contributed by atoms with E-state index in [0.717, 1.165) is 11.1 Å². The standard InChI is InChI=1S/C19H17NO5/c1-11-8-9-16(12(2)10-11)24-13(3)19(23)25-20-17(21)14-6-4-5-7-15(14)18(20)22/h4-10,13H,1-3H3. The van der Waals surface area contributed by atoms with E-state index in [4.69, 9.17) is 9.57 Å². The molecule has 1 aliphatic rings. The molecule has 0 spiro atoms. The molecule has 0 aliphatic carbocycles. The molecule has 1 heterocycles. The molecule has 25 heavy (non-hydrogen) atoms. The molecule has 6 heteroatoms. The van der Waals surface area contributed by atoms with Gasteiger partial charge in [-0.2, -0.15) is 0 Å². The number of hydrogen-bond donors (Lipinski definition) is 0. The van der Waals surface area contributed by atoms with Crippen LogP contribution >= 0.6 is 0 Å². The third-order valence-corrected chi connectivity index (χ3v) is 3.90. The number of nitrogens with zero attached hydrogens (tertiary/aromatic N) is 1. The zero-order valence-electron chi connectivity index (χ0n) is 14.1. The Kier molecular flexibility index (Phi) is 4.27. The zero-order valence-corrected chi connectivity index (χ0v) is 14.1. The Morgan fingerprint density at radius 1 is 1.00 bits per heavy atom. The van der Waals surface area contributed by atoms with Crippen molar-refractivity contribution in [2.45, 2.75) is 26.9 Å². The number of aryl methyl sites for hydroxylation is 2. The molecule has 1 unspecified atom stereocenters. The van der Waals surface area contributed by atoms with Crippen molar-refractivity contribution in [2.24, 2.45) is 0 Å². The first kappa shape index (κ1) is 16.7. The van der Waals surface area contributed by atoms with Crippen molar-refractivity contribution in [3.05, 3.63) is 64.7 Å². The van der Waals surface area contributed by atoms with Gasteiger partial charge in [0.25, 0.3) is 11.8 Å². The van der Waals surface area contributed by atoms with Gasteiger partial charge in [0, 0.05) is 0 Å². The summed E-state index contributed by atoms with van der Waals surface area (Å²) in [7, 11) is 0. The number of imide groups is 1. The maximum absolute atomic E-state index is 12.2. The van der Waals surface area contributed by atoms with Crippen LogP contribution in [0.15, 0.2) is 42.5 Å². The van der Waals surface area contributed by atoms with Crippen LogP contribution in [0.4, 0.5) is 0 Å². The molecule has 1 aliphatic heterocycles. The van der Waals surface area contributed by atoms with Gasteiger partial charge in [0.05, 0.1) is 11.1 Å². The van der Waals surface area contributed by atoms with Crippen LogP contribution in [0.3, 0.4) is 0 Å². The molecule has 2 aromatic rings. The van der Waals surface area contributed by atoms with Crippen LogP contribution in [0.5, 0.6) is 5.75 Å². The van der Waals surface area contributed by atoms with Crippen LogP contribution in [0.2, 0.25) is 0 Å². The lowest BCUT2D eigenvalue weighted by atomic mass is 10.1. The molecule has 0 saturated heterocycles. The first-order valence-corrected chi connectivity index (χ1v) is 7.82. The first-order chi connectivity index (χ1) is 11.9. The Labute approximate surface area is 144 Å². The van der Waals surface area contributed by atoms with Crippen molar-refractivity contribution in [1.29, 1.82) is 0 Å². The van der Waals surface area contributed by atoms with E-state index < -0.39 is 23.9 Å². The Morgan fingerprint density at radius 3 is 2.16 bits per heavy atom. The first-order valence-electron chi connectivity index (χ1n) is 7.82. The summed E-state index contributed by atoms with van der Waals surface area (Å²) in [5.41, 5.74) is 2.37. The smallest absolute Gasteiger partial charge is 0.373 e. The summed E-state index contributed by atoms with van der Waals surface area (Å²) >= 11 is 0. The summed E-state index contributed by atoms with van der Waals surface area (Å²) < 4.78 is 5.60.